The van der Waals surface area contributed by atoms with E-state index in [0.717, 1.165) is 26.1 Å². The van der Waals surface area contributed by atoms with Crippen LogP contribution in [0.1, 0.15) is 23.2 Å². The molecule has 0 aliphatic carbocycles. The monoisotopic (exact) mass is 280 g/mol. The number of nitrogens with one attached hydrogen (secondary N) is 1. The van der Waals surface area contributed by atoms with Crippen LogP contribution in [0.2, 0.25) is 0 Å². The maximum absolute atomic E-state index is 10.8. The largest absolute Gasteiger partial charge is 0.492 e. The van der Waals surface area contributed by atoms with Gasteiger partial charge >= 0.3 is 5.97 Å². The predicted octanol–water partition coefficient (Wildman–Crippen LogP) is 1.69. The lowest BCUT2D eigenvalue weighted by molar-refractivity contribution is 0.0696. The summed E-state index contributed by atoms with van der Waals surface area (Å²) >= 11 is 0. The number of unbranched alkanes of at least 4 members (excludes halogenated alkanes) is 1. The number of hydrogen-bond acceptors (Lipinski definition) is 4. The fraction of sp³-hybridized carbons (Fsp3) is 0.533. The maximum atomic E-state index is 10.8. The Balaban J connectivity index is 2.09. The third-order valence-corrected chi connectivity index (χ3v) is 2.84. The van der Waals surface area contributed by atoms with Crippen LogP contribution in [-0.2, 0) is 0 Å². The second-order valence-electron chi connectivity index (χ2n) is 4.94. The topological polar surface area (TPSA) is 61.8 Å². The summed E-state index contributed by atoms with van der Waals surface area (Å²) in [6, 6.07) is 6.55. The van der Waals surface area contributed by atoms with Crippen molar-refractivity contribution in [3.63, 3.8) is 0 Å². The molecule has 5 nitrogen and oxygen atoms in total. The van der Waals surface area contributed by atoms with E-state index < -0.39 is 5.97 Å². The Bertz CT molecular complexity index is 408. The molecule has 0 atom stereocenters. The average molecular weight is 280 g/mol. The van der Waals surface area contributed by atoms with Gasteiger partial charge in [0.1, 0.15) is 12.4 Å². The molecule has 2 N–H and O–H groups in total. The van der Waals surface area contributed by atoms with E-state index in [4.69, 9.17) is 9.84 Å². The summed E-state index contributed by atoms with van der Waals surface area (Å²) in [7, 11) is 4.15. The Kier molecular flexibility index (Phi) is 7.69. The first-order chi connectivity index (χ1) is 9.59. The molecule has 1 aromatic rings. The van der Waals surface area contributed by atoms with Gasteiger partial charge in [-0.25, -0.2) is 4.79 Å². The summed E-state index contributed by atoms with van der Waals surface area (Å²) in [6.45, 7) is 3.39. The Morgan fingerprint density at radius 1 is 1.30 bits per heavy atom. The van der Waals surface area contributed by atoms with E-state index in [9.17, 15) is 4.79 Å². The lowest BCUT2D eigenvalue weighted by Crippen LogP contribution is -2.23. The van der Waals surface area contributed by atoms with E-state index in [-0.39, 0.29) is 5.56 Å². The minimum Gasteiger partial charge on any atom is -0.492 e. The fourth-order valence-corrected chi connectivity index (χ4v) is 1.76. The van der Waals surface area contributed by atoms with E-state index in [0.29, 0.717) is 12.4 Å². The van der Waals surface area contributed by atoms with Crippen LogP contribution in [0.25, 0.3) is 0 Å². The molecule has 0 saturated carbocycles. The van der Waals surface area contributed by atoms with Crippen molar-refractivity contribution in [1.29, 1.82) is 0 Å². The third-order valence-electron chi connectivity index (χ3n) is 2.84. The molecule has 112 valence electrons. The zero-order valence-electron chi connectivity index (χ0n) is 12.3. The van der Waals surface area contributed by atoms with Crippen molar-refractivity contribution in [2.75, 3.05) is 40.3 Å². The molecule has 0 radical (unpaired) electrons. The second-order valence-corrected chi connectivity index (χ2v) is 4.94. The van der Waals surface area contributed by atoms with Gasteiger partial charge in [0.05, 0.1) is 5.56 Å². The van der Waals surface area contributed by atoms with Crippen LogP contribution >= 0.6 is 0 Å². The van der Waals surface area contributed by atoms with Gasteiger partial charge in [-0.1, -0.05) is 6.07 Å². The van der Waals surface area contributed by atoms with Gasteiger partial charge < -0.3 is 20.1 Å². The zero-order valence-corrected chi connectivity index (χ0v) is 12.3. The molecule has 0 aromatic heterocycles. The van der Waals surface area contributed by atoms with Crippen LogP contribution < -0.4 is 10.1 Å². The Labute approximate surface area is 120 Å². The molecule has 0 bridgehead atoms. The summed E-state index contributed by atoms with van der Waals surface area (Å²) in [5.41, 5.74) is 0.249. The van der Waals surface area contributed by atoms with Crippen LogP contribution in [0.3, 0.4) is 0 Å². The quantitative estimate of drug-likeness (QED) is 0.639. The van der Waals surface area contributed by atoms with Crippen molar-refractivity contribution in [2.24, 2.45) is 0 Å². The summed E-state index contributed by atoms with van der Waals surface area (Å²) in [5, 5.41) is 12.2. The summed E-state index contributed by atoms with van der Waals surface area (Å²) < 4.78 is 5.51. The Morgan fingerprint density at radius 3 is 2.80 bits per heavy atom. The van der Waals surface area contributed by atoms with Crippen LogP contribution in [0.4, 0.5) is 0 Å². The number of carbonyl (C=O) groups is 1. The molecular formula is C15H24N2O3. The average Bonchev–Trinajstić information content (AvgIpc) is 2.41. The Morgan fingerprint density at radius 2 is 2.10 bits per heavy atom. The predicted molar refractivity (Wildman–Crippen MR) is 79.6 cm³/mol. The molecule has 0 heterocycles. The van der Waals surface area contributed by atoms with Crippen molar-refractivity contribution in [2.45, 2.75) is 12.8 Å². The van der Waals surface area contributed by atoms with E-state index in [1.165, 1.54) is 6.42 Å². The number of carboxylic acids is 1. The molecule has 0 amide bonds. The first-order valence-electron chi connectivity index (χ1n) is 6.91. The molecule has 0 saturated heterocycles. The van der Waals surface area contributed by atoms with E-state index in [1.807, 2.05) is 0 Å². The third kappa shape index (κ3) is 7.11. The minimum atomic E-state index is -0.936. The number of carboxylic acid groups (broad SMARTS) is 1. The summed E-state index contributed by atoms with van der Waals surface area (Å²) in [6.07, 6.45) is 2.33. The Hall–Kier alpha value is -1.59. The minimum absolute atomic E-state index is 0.249. The van der Waals surface area contributed by atoms with Gasteiger partial charge in [-0.3, -0.25) is 0 Å². The first kappa shape index (κ1) is 16.5. The maximum Gasteiger partial charge on any atom is 0.335 e. The normalized spacial score (nSPS) is 10.8. The fourth-order valence-electron chi connectivity index (χ4n) is 1.76. The van der Waals surface area contributed by atoms with Gasteiger partial charge in [-0.05, 0) is 58.2 Å². The highest BCUT2D eigenvalue weighted by atomic mass is 16.5. The van der Waals surface area contributed by atoms with Gasteiger partial charge in [0, 0.05) is 6.54 Å². The van der Waals surface area contributed by atoms with Crippen LogP contribution in [0.5, 0.6) is 5.75 Å². The second kappa shape index (κ2) is 9.34. The van der Waals surface area contributed by atoms with E-state index in [1.54, 1.807) is 24.3 Å². The molecule has 0 fully saturated rings. The number of ether oxygens (including phenoxy) is 1. The number of rotatable bonds is 10. The number of aromatic carboxylic acids is 1. The molecule has 5 heteroatoms. The van der Waals surface area contributed by atoms with Crippen molar-refractivity contribution in [3.05, 3.63) is 29.8 Å². The van der Waals surface area contributed by atoms with Crippen LogP contribution in [0.15, 0.2) is 24.3 Å². The number of hydrogen-bond donors (Lipinski definition) is 2. The van der Waals surface area contributed by atoms with Gasteiger partial charge in [-0.2, -0.15) is 0 Å². The molecule has 0 aliphatic heterocycles. The zero-order chi connectivity index (χ0) is 14.8. The number of nitrogens with zero attached hydrogens (tertiary/aromatic N) is 1. The number of benzene rings is 1. The lowest BCUT2D eigenvalue weighted by Gasteiger charge is -2.10. The summed E-state index contributed by atoms with van der Waals surface area (Å²) in [4.78, 5) is 13.0. The highest BCUT2D eigenvalue weighted by Gasteiger charge is 2.03. The smallest absolute Gasteiger partial charge is 0.335 e. The van der Waals surface area contributed by atoms with Crippen LogP contribution in [0, 0.1) is 0 Å². The standard InChI is InChI=1S/C15H24N2O3/c1-17(2)10-4-3-8-16-9-11-20-14-7-5-6-13(12-14)15(18)19/h5-7,12,16H,3-4,8-11H2,1-2H3,(H,18,19). The molecule has 20 heavy (non-hydrogen) atoms. The highest BCUT2D eigenvalue weighted by molar-refractivity contribution is 5.87. The molecule has 1 aromatic carbocycles. The lowest BCUT2D eigenvalue weighted by atomic mass is 10.2. The van der Waals surface area contributed by atoms with Gasteiger partial charge in [0.2, 0.25) is 0 Å². The van der Waals surface area contributed by atoms with Gasteiger partial charge in [-0.15, -0.1) is 0 Å². The molecule has 0 aliphatic rings. The molecule has 0 spiro atoms. The van der Waals surface area contributed by atoms with Crippen molar-refractivity contribution in [3.8, 4) is 5.75 Å². The first-order valence-corrected chi connectivity index (χ1v) is 6.91. The van der Waals surface area contributed by atoms with Crippen LogP contribution in [-0.4, -0.2) is 56.3 Å². The van der Waals surface area contributed by atoms with E-state index in [2.05, 4.69) is 24.3 Å². The molecular weight excluding hydrogens is 256 g/mol. The molecule has 1 rings (SSSR count). The van der Waals surface area contributed by atoms with Crippen molar-refractivity contribution < 1.29 is 14.6 Å². The SMILES string of the molecule is CN(C)CCCCNCCOc1cccc(C(=O)O)c1. The van der Waals surface area contributed by atoms with Crippen molar-refractivity contribution in [1.82, 2.24) is 10.2 Å². The summed E-state index contributed by atoms with van der Waals surface area (Å²) in [5.74, 6) is -0.339. The van der Waals surface area contributed by atoms with E-state index >= 15 is 0 Å². The molecule has 0 unspecified atom stereocenters. The van der Waals surface area contributed by atoms with Gasteiger partial charge in [0.15, 0.2) is 0 Å². The van der Waals surface area contributed by atoms with Crippen molar-refractivity contribution >= 4 is 5.97 Å². The highest BCUT2D eigenvalue weighted by Crippen LogP contribution is 2.12. The van der Waals surface area contributed by atoms with Gasteiger partial charge in [0.25, 0.3) is 0 Å².